The molecule has 1 aromatic rings. The molecular weight excluding hydrogens is 286 g/mol. The average Bonchev–Trinajstić information content (AvgIpc) is 2.41. The van der Waals surface area contributed by atoms with Crippen LogP contribution in [0.3, 0.4) is 0 Å². The minimum Gasteiger partial charge on any atom is -0.496 e. The number of nitrogens with one attached hydrogen (secondary N) is 1. The Hall–Kier alpha value is -0.910. The predicted octanol–water partition coefficient (Wildman–Crippen LogP) is 3.68. The third-order valence-corrected chi connectivity index (χ3v) is 4.17. The molecule has 1 unspecified atom stereocenters. The summed E-state index contributed by atoms with van der Waals surface area (Å²) in [4.78, 5) is 0. The molecule has 1 fully saturated rings. The molecule has 0 radical (unpaired) electrons. The van der Waals surface area contributed by atoms with E-state index in [1.54, 1.807) is 25.3 Å². The summed E-state index contributed by atoms with van der Waals surface area (Å²) in [6.45, 7) is 0. The van der Waals surface area contributed by atoms with Gasteiger partial charge in [-0.2, -0.15) is 0 Å². The van der Waals surface area contributed by atoms with Crippen LogP contribution in [-0.4, -0.2) is 13.0 Å². The van der Waals surface area contributed by atoms with Gasteiger partial charge in [-0.15, -0.1) is 0 Å². The lowest BCUT2D eigenvalue weighted by molar-refractivity contribution is -0.0498. The van der Waals surface area contributed by atoms with Gasteiger partial charge < -0.3 is 4.74 Å². The molecule has 0 heterocycles. The largest absolute Gasteiger partial charge is 0.496 e. The van der Waals surface area contributed by atoms with Gasteiger partial charge in [-0.05, 0) is 37.0 Å². The molecular formula is C14H19ClF2N2O. The lowest BCUT2D eigenvalue weighted by Crippen LogP contribution is -2.37. The molecule has 0 aromatic heterocycles. The Balaban J connectivity index is 2.22. The highest BCUT2D eigenvalue weighted by atomic mass is 35.5. The number of ether oxygens (including phenoxy) is 1. The quantitative estimate of drug-likeness (QED) is 0.659. The van der Waals surface area contributed by atoms with E-state index in [9.17, 15) is 8.78 Å². The van der Waals surface area contributed by atoms with E-state index in [-0.39, 0.29) is 24.8 Å². The van der Waals surface area contributed by atoms with Crippen LogP contribution in [0.15, 0.2) is 18.2 Å². The molecule has 0 spiro atoms. The molecule has 1 saturated carbocycles. The summed E-state index contributed by atoms with van der Waals surface area (Å²) in [5, 5.41) is 0.571. The molecule has 1 aromatic carbocycles. The third-order valence-electron chi connectivity index (χ3n) is 3.94. The molecule has 1 aliphatic carbocycles. The molecule has 20 heavy (non-hydrogen) atoms. The second-order valence-corrected chi connectivity index (χ2v) is 5.66. The molecule has 6 heteroatoms. The van der Waals surface area contributed by atoms with Gasteiger partial charge in [0.25, 0.3) is 0 Å². The fourth-order valence-corrected chi connectivity index (χ4v) is 3.00. The maximum Gasteiger partial charge on any atom is 0.248 e. The van der Waals surface area contributed by atoms with E-state index in [1.807, 2.05) is 0 Å². The molecule has 0 saturated heterocycles. The Morgan fingerprint density at radius 3 is 2.60 bits per heavy atom. The van der Waals surface area contributed by atoms with Gasteiger partial charge in [0.15, 0.2) is 0 Å². The average molecular weight is 305 g/mol. The number of benzene rings is 1. The zero-order valence-electron chi connectivity index (χ0n) is 11.3. The summed E-state index contributed by atoms with van der Waals surface area (Å²) >= 11 is 6.01. The minimum atomic E-state index is -2.55. The second-order valence-electron chi connectivity index (χ2n) is 5.22. The molecule has 2 rings (SSSR count). The smallest absolute Gasteiger partial charge is 0.248 e. The van der Waals surface area contributed by atoms with Crippen LogP contribution >= 0.6 is 11.6 Å². The molecule has 0 aliphatic heterocycles. The van der Waals surface area contributed by atoms with Gasteiger partial charge in [0.2, 0.25) is 5.92 Å². The van der Waals surface area contributed by atoms with Crippen molar-refractivity contribution in [1.29, 1.82) is 0 Å². The Kier molecular flexibility index (Phi) is 4.83. The summed E-state index contributed by atoms with van der Waals surface area (Å²) < 4.78 is 31.8. The van der Waals surface area contributed by atoms with Crippen LogP contribution in [0, 0.1) is 5.92 Å². The van der Waals surface area contributed by atoms with E-state index in [1.165, 1.54) is 0 Å². The van der Waals surface area contributed by atoms with Crippen molar-refractivity contribution in [3.63, 3.8) is 0 Å². The number of hydrogen-bond acceptors (Lipinski definition) is 3. The van der Waals surface area contributed by atoms with Crippen LogP contribution in [0.1, 0.15) is 37.3 Å². The number of alkyl halides is 2. The first-order chi connectivity index (χ1) is 9.46. The summed E-state index contributed by atoms with van der Waals surface area (Å²) in [5.41, 5.74) is 3.55. The maximum atomic E-state index is 13.3. The Bertz CT molecular complexity index is 460. The van der Waals surface area contributed by atoms with Crippen LogP contribution in [-0.2, 0) is 0 Å². The van der Waals surface area contributed by atoms with Crippen molar-refractivity contribution >= 4 is 11.6 Å². The number of hydrogen-bond donors (Lipinski definition) is 2. The van der Waals surface area contributed by atoms with Crippen molar-refractivity contribution in [1.82, 2.24) is 5.43 Å². The molecule has 0 amide bonds. The topological polar surface area (TPSA) is 47.3 Å². The van der Waals surface area contributed by atoms with E-state index in [0.717, 1.165) is 5.56 Å². The standard InChI is InChI=1S/C14H19ClF2N2O/c1-20-12-3-2-10(15)8-11(12)13(19-18)9-4-6-14(16,17)7-5-9/h2-3,8-9,13,19H,4-7,18H2,1H3. The fraction of sp³-hybridized carbons (Fsp3) is 0.571. The van der Waals surface area contributed by atoms with E-state index in [0.29, 0.717) is 23.6 Å². The lowest BCUT2D eigenvalue weighted by Gasteiger charge is -2.34. The van der Waals surface area contributed by atoms with Crippen molar-refractivity contribution in [3.05, 3.63) is 28.8 Å². The van der Waals surface area contributed by atoms with Gasteiger partial charge in [-0.3, -0.25) is 11.3 Å². The van der Waals surface area contributed by atoms with Gasteiger partial charge in [-0.1, -0.05) is 11.6 Å². The van der Waals surface area contributed by atoms with Crippen molar-refractivity contribution in [2.24, 2.45) is 11.8 Å². The minimum absolute atomic E-state index is 0.0481. The van der Waals surface area contributed by atoms with Crippen molar-refractivity contribution in [3.8, 4) is 5.75 Å². The summed E-state index contributed by atoms with van der Waals surface area (Å²) in [5.74, 6) is 3.80. The van der Waals surface area contributed by atoms with Crippen LogP contribution < -0.4 is 16.0 Å². The van der Waals surface area contributed by atoms with Gasteiger partial charge >= 0.3 is 0 Å². The van der Waals surface area contributed by atoms with Crippen LogP contribution in [0.2, 0.25) is 5.02 Å². The highest BCUT2D eigenvalue weighted by molar-refractivity contribution is 6.30. The SMILES string of the molecule is COc1ccc(Cl)cc1C(NN)C1CCC(F)(F)CC1. The maximum absolute atomic E-state index is 13.3. The molecule has 112 valence electrons. The van der Waals surface area contributed by atoms with Gasteiger partial charge in [0.1, 0.15) is 5.75 Å². The normalized spacial score (nSPS) is 20.6. The highest BCUT2D eigenvalue weighted by Crippen LogP contribution is 2.43. The molecule has 3 N–H and O–H groups in total. The second kappa shape index (κ2) is 6.24. The molecule has 3 nitrogen and oxygen atoms in total. The first kappa shape index (κ1) is 15.5. The van der Waals surface area contributed by atoms with Crippen LogP contribution in [0.5, 0.6) is 5.75 Å². The fourth-order valence-electron chi connectivity index (χ4n) is 2.82. The van der Waals surface area contributed by atoms with Crippen molar-refractivity contribution in [2.75, 3.05) is 7.11 Å². The number of halogens is 3. The molecule has 1 atom stereocenters. The lowest BCUT2D eigenvalue weighted by atomic mass is 9.79. The first-order valence-electron chi connectivity index (χ1n) is 6.64. The predicted molar refractivity (Wildman–Crippen MR) is 75.0 cm³/mol. The number of nitrogens with two attached hydrogens (primary N) is 1. The number of hydrazine groups is 1. The van der Waals surface area contributed by atoms with Crippen molar-refractivity contribution < 1.29 is 13.5 Å². The van der Waals surface area contributed by atoms with Gasteiger partial charge in [0.05, 0.1) is 13.2 Å². The van der Waals surface area contributed by atoms with Crippen molar-refractivity contribution in [2.45, 2.75) is 37.6 Å². The third kappa shape index (κ3) is 3.40. The van der Waals surface area contributed by atoms with Gasteiger partial charge in [0, 0.05) is 23.4 Å². The zero-order chi connectivity index (χ0) is 14.8. The summed E-state index contributed by atoms with van der Waals surface area (Å²) in [6.07, 6.45) is 0.659. The van der Waals surface area contributed by atoms with Gasteiger partial charge in [-0.25, -0.2) is 8.78 Å². The van der Waals surface area contributed by atoms with E-state index >= 15 is 0 Å². The Labute approximate surface area is 122 Å². The van der Waals surface area contributed by atoms with E-state index in [4.69, 9.17) is 22.2 Å². The number of methoxy groups -OCH3 is 1. The van der Waals surface area contributed by atoms with E-state index in [2.05, 4.69) is 5.43 Å². The van der Waals surface area contributed by atoms with Crippen LogP contribution in [0.25, 0.3) is 0 Å². The Morgan fingerprint density at radius 1 is 1.40 bits per heavy atom. The summed E-state index contributed by atoms with van der Waals surface area (Å²) in [7, 11) is 1.56. The van der Waals surface area contributed by atoms with E-state index < -0.39 is 5.92 Å². The highest BCUT2D eigenvalue weighted by Gasteiger charge is 2.38. The first-order valence-corrected chi connectivity index (χ1v) is 7.02. The van der Waals surface area contributed by atoms with Crippen LogP contribution in [0.4, 0.5) is 8.78 Å². The monoisotopic (exact) mass is 304 g/mol. The summed E-state index contributed by atoms with van der Waals surface area (Å²) in [6, 6.07) is 5.03. The zero-order valence-corrected chi connectivity index (χ0v) is 12.1. The molecule has 1 aliphatic rings. The Morgan fingerprint density at radius 2 is 2.05 bits per heavy atom. The molecule has 0 bridgehead atoms. The number of rotatable bonds is 4.